The number of thiophene rings is 1. The van der Waals surface area contributed by atoms with Gasteiger partial charge >= 0.3 is 5.97 Å². The third kappa shape index (κ3) is 4.83. The summed E-state index contributed by atoms with van der Waals surface area (Å²) in [6.45, 7) is 3.67. The van der Waals surface area contributed by atoms with Gasteiger partial charge in [-0.15, -0.1) is 11.3 Å². The quantitative estimate of drug-likeness (QED) is 0.567. The Balaban J connectivity index is 1.96. The van der Waals surface area contributed by atoms with Crippen molar-refractivity contribution in [1.29, 1.82) is 5.26 Å². The Kier molecular flexibility index (Phi) is 6.65. The fourth-order valence-corrected chi connectivity index (χ4v) is 4.20. The molecule has 0 fully saturated rings. The number of para-hydroxylation sites is 1. The van der Waals surface area contributed by atoms with Gasteiger partial charge in [0.15, 0.2) is 0 Å². The molecule has 0 spiro atoms. The first-order valence-corrected chi connectivity index (χ1v) is 10.4. The van der Waals surface area contributed by atoms with Crippen molar-refractivity contribution in [3.05, 3.63) is 69.5 Å². The second kappa shape index (κ2) is 9.37. The molecule has 0 radical (unpaired) electrons. The zero-order valence-corrected chi connectivity index (χ0v) is 17.4. The number of nitrogens with one attached hydrogen (secondary N) is 1. The van der Waals surface area contributed by atoms with Crippen LogP contribution in [-0.2, 0) is 4.74 Å². The highest BCUT2D eigenvalue weighted by Gasteiger charge is 2.20. The van der Waals surface area contributed by atoms with Crippen LogP contribution in [0.3, 0.4) is 0 Å². The SMILES string of the molecule is CCOC(=O)c1cc(C)nc(Sc2ccccc2NC(=O)c2cccs2)c1C#N. The van der Waals surface area contributed by atoms with Gasteiger partial charge in [0.25, 0.3) is 5.91 Å². The summed E-state index contributed by atoms with van der Waals surface area (Å²) in [5, 5.41) is 14.8. The molecule has 0 aliphatic rings. The van der Waals surface area contributed by atoms with E-state index in [0.717, 1.165) is 0 Å². The molecule has 0 bridgehead atoms. The maximum Gasteiger partial charge on any atom is 0.339 e. The largest absolute Gasteiger partial charge is 0.462 e. The molecule has 6 nitrogen and oxygen atoms in total. The van der Waals surface area contributed by atoms with Crippen LogP contribution in [0.15, 0.2) is 57.8 Å². The monoisotopic (exact) mass is 423 g/mol. The molecular formula is C21H17N3O3S2. The predicted molar refractivity (Wildman–Crippen MR) is 112 cm³/mol. The highest BCUT2D eigenvalue weighted by Crippen LogP contribution is 2.35. The molecule has 1 amide bonds. The molecule has 0 aliphatic heterocycles. The van der Waals surface area contributed by atoms with E-state index in [1.807, 2.05) is 29.6 Å². The summed E-state index contributed by atoms with van der Waals surface area (Å²) in [4.78, 5) is 30.4. The zero-order valence-electron chi connectivity index (χ0n) is 15.8. The lowest BCUT2D eigenvalue weighted by Gasteiger charge is -2.12. The molecule has 0 unspecified atom stereocenters. The van der Waals surface area contributed by atoms with Crippen molar-refractivity contribution in [2.24, 2.45) is 0 Å². The Morgan fingerprint density at radius 1 is 1.28 bits per heavy atom. The normalized spacial score (nSPS) is 10.2. The molecule has 146 valence electrons. The Labute approximate surface area is 176 Å². The van der Waals surface area contributed by atoms with Gasteiger partial charge in [-0.2, -0.15) is 5.26 Å². The Hall–Kier alpha value is -3.15. The lowest BCUT2D eigenvalue weighted by atomic mass is 10.1. The number of nitrogens with zero attached hydrogens (tertiary/aromatic N) is 2. The van der Waals surface area contributed by atoms with Crippen LogP contribution in [0.1, 0.15) is 38.2 Å². The predicted octanol–water partition coefficient (Wildman–Crippen LogP) is 4.90. The summed E-state index contributed by atoms with van der Waals surface area (Å²) in [7, 11) is 0. The maximum atomic E-state index is 12.4. The first-order chi connectivity index (χ1) is 14.0. The smallest absolute Gasteiger partial charge is 0.339 e. The van der Waals surface area contributed by atoms with Crippen LogP contribution in [0.2, 0.25) is 0 Å². The molecule has 1 N–H and O–H groups in total. The number of aromatic nitrogens is 1. The number of carbonyl (C=O) groups excluding carboxylic acids is 2. The van der Waals surface area contributed by atoms with E-state index in [1.165, 1.54) is 23.1 Å². The molecule has 0 aliphatic carbocycles. The minimum Gasteiger partial charge on any atom is -0.462 e. The molecule has 0 saturated heterocycles. The average Bonchev–Trinajstić information content (AvgIpc) is 3.24. The number of rotatable bonds is 6. The summed E-state index contributed by atoms with van der Waals surface area (Å²) >= 11 is 2.57. The van der Waals surface area contributed by atoms with E-state index in [-0.39, 0.29) is 23.6 Å². The Morgan fingerprint density at radius 3 is 2.76 bits per heavy atom. The van der Waals surface area contributed by atoms with Crippen LogP contribution in [0.25, 0.3) is 0 Å². The molecule has 8 heteroatoms. The topological polar surface area (TPSA) is 92.1 Å². The highest BCUT2D eigenvalue weighted by atomic mass is 32.2. The standard InChI is InChI=1S/C21H17N3O3S2/c1-3-27-21(26)14-11-13(2)23-20(15(14)12-22)29-17-8-5-4-7-16(17)24-19(25)18-9-6-10-28-18/h4-11H,3H2,1-2H3,(H,24,25). The minimum atomic E-state index is -0.560. The number of esters is 1. The molecule has 1 aromatic carbocycles. The molecule has 3 rings (SSSR count). The van der Waals surface area contributed by atoms with E-state index in [4.69, 9.17) is 4.74 Å². The van der Waals surface area contributed by atoms with Crippen LogP contribution in [-0.4, -0.2) is 23.5 Å². The van der Waals surface area contributed by atoms with Crippen LogP contribution >= 0.6 is 23.1 Å². The van der Waals surface area contributed by atoms with Crippen LogP contribution in [0.5, 0.6) is 0 Å². The highest BCUT2D eigenvalue weighted by molar-refractivity contribution is 7.99. The van der Waals surface area contributed by atoms with Crippen molar-refractivity contribution in [3.8, 4) is 6.07 Å². The van der Waals surface area contributed by atoms with E-state index < -0.39 is 5.97 Å². The Bertz CT molecular complexity index is 1090. The number of nitriles is 1. The molecule has 3 aromatic rings. The van der Waals surface area contributed by atoms with Gasteiger partial charge in [-0.05, 0) is 43.5 Å². The number of benzene rings is 1. The molecular weight excluding hydrogens is 406 g/mol. The van der Waals surface area contributed by atoms with Crippen molar-refractivity contribution in [2.75, 3.05) is 11.9 Å². The van der Waals surface area contributed by atoms with E-state index in [1.54, 1.807) is 32.0 Å². The molecule has 0 saturated carbocycles. The van der Waals surface area contributed by atoms with Crippen molar-refractivity contribution >= 4 is 40.7 Å². The number of hydrogen-bond donors (Lipinski definition) is 1. The molecule has 2 heterocycles. The van der Waals surface area contributed by atoms with E-state index >= 15 is 0 Å². The summed E-state index contributed by atoms with van der Waals surface area (Å²) in [6.07, 6.45) is 0. The number of carbonyl (C=O) groups is 2. The second-order valence-electron chi connectivity index (χ2n) is 5.85. The lowest BCUT2D eigenvalue weighted by Crippen LogP contribution is -2.11. The van der Waals surface area contributed by atoms with Crippen molar-refractivity contribution in [3.63, 3.8) is 0 Å². The van der Waals surface area contributed by atoms with E-state index in [0.29, 0.717) is 26.2 Å². The number of pyridine rings is 1. The van der Waals surface area contributed by atoms with Crippen LogP contribution < -0.4 is 5.32 Å². The first-order valence-electron chi connectivity index (χ1n) is 8.74. The molecule has 2 aromatic heterocycles. The molecule has 0 atom stereocenters. The summed E-state index contributed by atoms with van der Waals surface area (Å²) in [5.41, 5.74) is 1.53. The Morgan fingerprint density at radius 2 is 2.07 bits per heavy atom. The second-order valence-corrected chi connectivity index (χ2v) is 7.83. The summed E-state index contributed by atoms with van der Waals surface area (Å²) in [6, 6.07) is 14.4. The van der Waals surface area contributed by atoms with Gasteiger partial charge < -0.3 is 10.1 Å². The van der Waals surface area contributed by atoms with Crippen molar-refractivity contribution in [2.45, 2.75) is 23.8 Å². The average molecular weight is 424 g/mol. The van der Waals surface area contributed by atoms with Gasteiger partial charge in [-0.3, -0.25) is 4.79 Å². The number of amides is 1. The maximum absolute atomic E-state index is 12.4. The van der Waals surface area contributed by atoms with E-state index in [2.05, 4.69) is 16.4 Å². The first kappa shape index (κ1) is 20.6. The minimum absolute atomic E-state index is 0.151. The van der Waals surface area contributed by atoms with Crippen molar-refractivity contribution in [1.82, 2.24) is 4.98 Å². The van der Waals surface area contributed by atoms with Gasteiger partial charge in [0.05, 0.1) is 28.3 Å². The summed E-state index contributed by atoms with van der Waals surface area (Å²) in [5.74, 6) is -0.770. The van der Waals surface area contributed by atoms with Gasteiger partial charge in [0, 0.05) is 10.6 Å². The lowest BCUT2D eigenvalue weighted by molar-refractivity contribution is 0.0525. The number of hydrogen-bond acceptors (Lipinski definition) is 7. The molecule has 29 heavy (non-hydrogen) atoms. The third-order valence-electron chi connectivity index (χ3n) is 3.81. The number of anilines is 1. The fraction of sp³-hybridized carbons (Fsp3) is 0.143. The van der Waals surface area contributed by atoms with Gasteiger partial charge in [-0.1, -0.05) is 30.0 Å². The van der Waals surface area contributed by atoms with Gasteiger partial charge in [-0.25, -0.2) is 9.78 Å². The van der Waals surface area contributed by atoms with Crippen LogP contribution in [0, 0.1) is 18.3 Å². The number of aryl methyl sites for hydroxylation is 1. The van der Waals surface area contributed by atoms with Gasteiger partial charge in [0.1, 0.15) is 11.1 Å². The summed E-state index contributed by atoms with van der Waals surface area (Å²) < 4.78 is 5.07. The van der Waals surface area contributed by atoms with Crippen LogP contribution in [0.4, 0.5) is 5.69 Å². The van der Waals surface area contributed by atoms with Crippen molar-refractivity contribution < 1.29 is 14.3 Å². The third-order valence-corrected chi connectivity index (χ3v) is 5.74. The number of ether oxygens (including phenoxy) is 1. The zero-order chi connectivity index (χ0) is 20.8. The van der Waals surface area contributed by atoms with E-state index in [9.17, 15) is 14.9 Å². The fourth-order valence-electron chi connectivity index (χ4n) is 2.55. The van der Waals surface area contributed by atoms with Gasteiger partial charge in [0.2, 0.25) is 0 Å².